The van der Waals surface area contributed by atoms with Gasteiger partial charge in [-0.3, -0.25) is 14.5 Å². The molecular formula is C14H14Cl2N2O3. The van der Waals surface area contributed by atoms with Crippen LogP contribution in [0.25, 0.3) is 0 Å². The summed E-state index contributed by atoms with van der Waals surface area (Å²) in [6, 6.07) is 4.30. The van der Waals surface area contributed by atoms with Crippen LogP contribution >= 0.6 is 23.2 Å². The number of ether oxygens (including phenoxy) is 1. The average Bonchev–Trinajstić information content (AvgIpc) is 2.74. The second-order valence-electron chi connectivity index (χ2n) is 5.06. The minimum Gasteiger partial charge on any atom is -0.379 e. The van der Waals surface area contributed by atoms with Gasteiger partial charge in [-0.1, -0.05) is 23.2 Å². The van der Waals surface area contributed by atoms with E-state index in [1.54, 1.807) is 18.2 Å². The Morgan fingerprint density at radius 2 is 1.67 bits per heavy atom. The molecule has 0 radical (unpaired) electrons. The number of anilines is 1. The van der Waals surface area contributed by atoms with Crippen LogP contribution < -0.4 is 4.90 Å². The Labute approximate surface area is 132 Å². The SMILES string of the molecule is O=C1C[C@@H](N2CCOCC2)C(=O)N1c1cc(Cl)cc(Cl)c1. The van der Waals surface area contributed by atoms with E-state index < -0.39 is 6.04 Å². The van der Waals surface area contributed by atoms with E-state index in [1.165, 1.54) is 4.90 Å². The minimum atomic E-state index is -0.417. The predicted molar refractivity (Wildman–Crippen MR) is 79.8 cm³/mol. The highest BCUT2D eigenvalue weighted by atomic mass is 35.5. The number of nitrogens with zero attached hydrogens (tertiary/aromatic N) is 2. The quantitative estimate of drug-likeness (QED) is 0.779. The van der Waals surface area contributed by atoms with Crippen LogP contribution in [-0.4, -0.2) is 49.1 Å². The van der Waals surface area contributed by atoms with Gasteiger partial charge in [0.1, 0.15) is 0 Å². The molecule has 2 amide bonds. The van der Waals surface area contributed by atoms with E-state index in [9.17, 15) is 9.59 Å². The summed E-state index contributed by atoms with van der Waals surface area (Å²) >= 11 is 11.9. The normalized spacial score (nSPS) is 23.9. The second kappa shape index (κ2) is 5.93. The Balaban J connectivity index is 1.86. The van der Waals surface area contributed by atoms with E-state index in [4.69, 9.17) is 27.9 Å². The Hall–Kier alpha value is -1.14. The van der Waals surface area contributed by atoms with Crippen molar-refractivity contribution in [2.75, 3.05) is 31.2 Å². The molecular weight excluding hydrogens is 315 g/mol. The van der Waals surface area contributed by atoms with Crippen molar-refractivity contribution in [2.24, 2.45) is 0 Å². The van der Waals surface area contributed by atoms with Crippen LogP contribution in [0.1, 0.15) is 6.42 Å². The van der Waals surface area contributed by atoms with Crippen molar-refractivity contribution in [2.45, 2.75) is 12.5 Å². The summed E-state index contributed by atoms with van der Waals surface area (Å²) in [4.78, 5) is 28.0. The van der Waals surface area contributed by atoms with Crippen molar-refractivity contribution in [3.05, 3.63) is 28.2 Å². The van der Waals surface area contributed by atoms with Gasteiger partial charge in [-0.05, 0) is 18.2 Å². The number of imide groups is 1. The number of carbonyl (C=O) groups is 2. The largest absolute Gasteiger partial charge is 0.379 e. The molecule has 3 rings (SSSR count). The summed E-state index contributed by atoms with van der Waals surface area (Å²) in [5.41, 5.74) is 0.429. The van der Waals surface area contributed by atoms with Crippen LogP contribution in [-0.2, 0) is 14.3 Å². The van der Waals surface area contributed by atoms with Gasteiger partial charge in [-0.15, -0.1) is 0 Å². The molecule has 0 spiro atoms. The van der Waals surface area contributed by atoms with Gasteiger partial charge < -0.3 is 4.74 Å². The molecule has 2 fully saturated rings. The summed E-state index contributed by atoms with van der Waals surface area (Å²) in [7, 11) is 0. The maximum absolute atomic E-state index is 12.6. The molecule has 1 aromatic rings. The van der Waals surface area contributed by atoms with Crippen LogP contribution in [0.3, 0.4) is 0 Å². The van der Waals surface area contributed by atoms with Crippen molar-refractivity contribution in [1.29, 1.82) is 0 Å². The first kappa shape index (κ1) is 14.8. The smallest absolute Gasteiger partial charge is 0.251 e. The summed E-state index contributed by atoms with van der Waals surface area (Å²) in [5, 5.41) is 0.792. The van der Waals surface area contributed by atoms with Crippen LogP contribution in [0.5, 0.6) is 0 Å². The zero-order valence-corrected chi connectivity index (χ0v) is 12.7. The fourth-order valence-electron chi connectivity index (χ4n) is 2.73. The summed E-state index contributed by atoms with van der Waals surface area (Å²) in [6.45, 7) is 2.49. The molecule has 0 aromatic heterocycles. The Kier molecular flexibility index (Phi) is 4.17. The maximum Gasteiger partial charge on any atom is 0.251 e. The molecule has 0 unspecified atom stereocenters. The van der Waals surface area contributed by atoms with Gasteiger partial charge in [-0.2, -0.15) is 0 Å². The molecule has 112 valence electrons. The summed E-state index contributed by atoms with van der Waals surface area (Å²) in [6.07, 6.45) is 0.183. The standard InChI is InChI=1S/C14H14Cl2N2O3/c15-9-5-10(16)7-11(6-9)18-13(19)8-12(14(18)20)17-1-3-21-4-2-17/h5-7,12H,1-4,8H2/t12-/m1/s1. The van der Waals surface area contributed by atoms with Gasteiger partial charge in [0, 0.05) is 23.1 Å². The fraction of sp³-hybridized carbons (Fsp3) is 0.429. The van der Waals surface area contributed by atoms with Gasteiger partial charge in [0.05, 0.1) is 31.4 Å². The number of amides is 2. The Bertz CT molecular complexity index is 567. The highest BCUT2D eigenvalue weighted by molar-refractivity contribution is 6.35. The first-order valence-corrected chi connectivity index (χ1v) is 7.46. The molecule has 2 aliphatic rings. The van der Waals surface area contributed by atoms with Crippen molar-refractivity contribution < 1.29 is 14.3 Å². The molecule has 21 heavy (non-hydrogen) atoms. The lowest BCUT2D eigenvalue weighted by Crippen LogP contribution is -2.47. The predicted octanol–water partition coefficient (Wildman–Crippen LogP) is 1.96. The molecule has 0 aliphatic carbocycles. The van der Waals surface area contributed by atoms with E-state index in [1.807, 2.05) is 4.90 Å². The number of hydrogen-bond donors (Lipinski definition) is 0. The van der Waals surface area contributed by atoms with E-state index in [2.05, 4.69) is 0 Å². The molecule has 1 aromatic carbocycles. The van der Waals surface area contributed by atoms with Gasteiger partial charge in [0.25, 0.3) is 5.91 Å². The molecule has 7 heteroatoms. The molecule has 0 saturated carbocycles. The first-order valence-electron chi connectivity index (χ1n) is 6.71. The van der Waals surface area contributed by atoms with Crippen LogP contribution in [0.2, 0.25) is 10.0 Å². The lowest BCUT2D eigenvalue weighted by Gasteiger charge is -2.30. The van der Waals surface area contributed by atoms with Crippen LogP contribution in [0.4, 0.5) is 5.69 Å². The van der Waals surface area contributed by atoms with Crippen molar-refractivity contribution in [1.82, 2.24) is 4.90 Å². The average molecular weight is 329 g/mol. The number of hydrogen-bond acceptors (Lipinski definition) is 4. The van der Waals surface area contributed by atoms with E-state index in [-0.39, 0.29) is 18.2 Å². The third-order valence-corrected chi connectivity index (χ3v) is 4.15. The van der Waals surface area contributed by atoms with Gasteiger partial charge in [0.2, 0.25) is 5.91 Å². The molecule has 0 N–H and O–H groups in total. The van der Waals surface area contributed by atoms with Crippen LogP contribution in [0.15, 0.2) is 18.2 Å². The zero-order valence-electron chi connectivity index (χ0n) is 11.2. The molecule has 1 atom stereocenters. The van der Waals surface area contributed by atoms with Gasteiger partial charge in [0.15, 0.2) is 0 Å². The third-order valence-electron chi connectivity index (χ3n) is 3.71. The highest BCUT2D eigenvalue weighted by Gasteiger charge is 2.43. The molecule has 2 heterocycles. The third kappa shape index (κ3) is 2.92. The van der Waals surface area contributed by atoms with Gasteiger partial charge >= 0.3 is 0 Å². The van der Waals surface area contributed by atoms with E-state index >= 15 is 0 Å². The molecule has 2 aliphatic heterocycles. The second-order valence-corrected chi connectivity index (χ2v) is 5.94. The first-order chi connectivity index (χ1) is 10.1. The molecule has 0 bridgehead atoms. The van der Waals surface area contributed by atoms with Crippen LogP contribution in [0, 0.1) is 0 Å². The topological polar surface area (TPSA) is 49.9 Å². The number of halogens is 2. The highest BCUT2D eigenvalue weighted by Crippen LogP contribution is 2.30. The Morgan fingerprint density at radius 3 is 2.29 bits per heavy atom. The molecule has 2 saturated heterocycles. The van der Waals surface area contributed by atoms with Gasteiger partial charge in [-0.25, -0.2) is 4.90 Å². The number of rotatable bonds is 2. The fourth-order valence-corrected chi connectivity index (χ4v) is 3.24. The number of carbonyl (C=O) groups excluding carboxylic acids is 2. The van der Waals surface area contributed by atoms with Crippen molar-refractivity contribution in [3.8, 4) is 0 Å². The van der Waals surface area contributed by atoms with E-state index in [0.29, 0.717) is 42.0 Å². The Morgan fingerprint density at radius 1 is 1.05 bits per heavy atom. The number of benzene rings is 1. The maximum atomic E-state index is 12.6. The summed E-state index contributed by atoms with van der Waals surface area (Å²) < 4.78 is 5.28. The summed E-state index contributed by atoms with van der Waals surface area (Å²) in [5.74, 6) is -0.449. The number of morpholine rings is 1. The minimum absolute atomic E-state index is 0.183. The molecule has 5 nitrogen and oxygen atoms in total. The van der Waals surface area contributed by atoms with Crippen molar-refractivity contribution in [3.63, 3.8) is 0 Å². The monoisotopic (exact) mass is 328 g/mol. The lowest BCUT2D eigenvalue weighted by atomic mass is 10.2. The zero-order chi connectivity index (χ0) is 15.0. The lowest BCUT2D eigenvalue weighted by molar-refractivity contribution is -0.123. The van der Waals surface area contributed by atoms with Crippen molar-refractivity contribution >= 4 is 40.7 Å². The van der Waals surface area contributed by atoms with E-state index in [0.717, 1.165) is 0 Å².